The van der Waals surface area contributed by atoms with Gasteiger partial charge in [-0.25, -0.2) is 14.4 Å². The van der Waals surface area contributed by atoms with Crippen LogP contribution in [0.5, 0.6) is 5.75 Å². The highest BCUT2D eigenvalue weighted by atomic mass is 35.5. The van der Waals surface area contributed by atoms with Gasteiger partial charge in [0, 0.05) is 32.4 Å². The zero-order valence-corrected chi connectivity index (χ0v) is 18.0. The number of hydrogen-bond acceptors (Lipinski definition) is 6. The Balaban J connectivity index is 1.42. The zero-order chi connectivity index (χ0) is 21.9. The molecule has 0 radical (unpaired) electrons. The van der Waals surface area contributed by atoms with Crippen molar-refractivity contribution in [3.8, 4) is 5.75 Å². The minimum absolute atomic E-state index is 0.0505. The van der Waals surface area contributed by atoms with Gasteiger partial charge in [0.15, 0.2) is 5.82 Å². The minimum Gasteiger partial charge on any atom is -0.488 e. The van der Waals surface area contributed by atoms with Crippen molar-refractivity contribution in [2.24, 2.45) is 0 Å². The Hall–Kier alpha value is -3.29. The molecule has 2 unspecified atom stereocenters. The van der Waals surface area contributed by atoms with E-state index in [1.165, 1.54) is 12.4 Å². The van der Waals surface area contributed by atoms with E-state index in [0.29, 0.717) is 27.2 Å². The minimum atomic E-state index is -0.726. The second-order valence-corrected chi connectivity index (χ2v) is 8.67. The summed E-state index contributed by atoms with van der Waals surface area (Å²) in [5.74, 6) is 0.944. The molecule has 4 bridgehead atoms. The molecule has 9 heteroatoms. The molecule has 0 saturated heterocycles. The first-order valence-corrected chi connectivity index (χ1v) is 10.7. The van der Waals surface area contributed by atoms with Crippen molar-refractivity contribution in [3.05, 3.63) is 93.6 Å². The lowest BCUT2D eigenvalue weighted by atomic mass is 9.78. The number of nitrogens with one attached hydrogen (secondary N) is 3. The fraction of sp³-hybridized carbons (Fsp3) is 0.130. The largest absolute Gasteiger partial charge is 0.488 e. The maximum absolute atomic E-state index is 14.4. The van der Waals surface area contributed by atoms with Crippen LogP contribution in [0.2, 0.25) is 10.0 Å². The molecule has 6 rings (SSSR count). The predicted octanol–water partition coefficient (Wildman–Crippen LogP) is 5.07. The second kappa shape index (κ2) is 7.12. The first kappa shape index (κ1) is 19.4. The summed E-state index contributed by atoms with van der Waals surface area (Å²) in [6.45, 7) is 0.0505. The van der Waals surface area contributed by atoms with E-state index in [9.17, 15) is 4.39 Å². The van der Waals surface area contributed by atoms with E-state index in [1.54, 1.807) is 18.3 Å². The monoisotopic (exact) mass is 467 g/mol. The molecular weight excluding hydrogens is 452 g/mol. The van der Waals surface area contributed by atoms with Gasteiger partial charge in [-0.05, 0) is 30.3 Å². The molecule has 1 aromatic heterocycles. The summed E-state index contributed by atoms with van der Waals surface area (Å²) in [5.41, 5.74) is 3.00. The van der Waals surface area contributed by atoms with Gasteiger partial charge in [-0.2, -0.15) is 0 Å². The van der Waals surface area contributed by atoms with Crippen molar-refractivity contribution < 1.29 is 9.13 Å². The van der Waals surface area contributed by atoms with Crippen LogP contribution in [-0.4, -0.2) is 16.1 Å². The van der Waals surface area contributed by atoms with Crippen LogP contribution in [0.25, 0.3) is 5.70 Å². The van der Waals surface area contributed by atoms with Crippen LogP contribution in [0.15, 0.2) is 61.1 Å². The fourth-order valence-corrected chi connectivity index (χ4v) is 4.77. The van der Waals surface area contributed by atoms with Crippen LogP contribution >= 0.6 is 23.2 Å². The molecule has 160 valence electrons. The summed E-state index contributed by atoms with van der Waals surface area (Å²) in [7, 11) is 0. The quantitative estimate of drug-likeness (QED) is 0.497. The Morgan fingerprint density at radius 3 is 2.88 bits per heavy atom. The second-order valence-electron chi connectivity index (χ2n) is 7.79. The number of dihydropyridines is 1. The van der Waals surface area contributed by atoms with Crippen molar-refractivity contribution in [1.82, 2.24) is 15.3 Å². The average molecular weight is 468 g/mol. The Kier molecular flexibility index (Phi) is 4.31. The molecule has 6 nitrogen and oxygen atoms in total. The normalized spacial score (nSPS) is 21.7. The van der Waals surface area contributed by atoms with Crippen molar-refractivity contribution in [2.45, 2.75) is 18.3 Å². The van der Waals surface area contributed by atoms with Crippen LogP contribution in [0.3, 0.4) is 0 Å². The van der Waals surface area contributed by atoms with Gasteiger partial charge in [-0.1, -0.05) is 41.4 Å². The highest BCUT2D eigenvalue weighted by molar-refractivity contribution is 6.31. The number of anilines is 2. The molecule has 32 heavy (non-hydrogen) atoms. The molecule has 3 aliphatic heterocycles. The Morgan fingerprint density at radius 2 is 2.03 bits per heavy atom. The summed E-state index contributed by atoms with van der Waals surface area (Å²) in [6, 6.07) is 8.27. The molecule has 3 aliphatic rings. The number of nitrogens with zero attached hydrogens (tertiary/aromatic N) is 2. The van der Waals surface area contributed by atoms with Gasteiger partial charge in [0.1, 0.15) is 36.2 Å². The summed E-state index contributed by atoms with van der Waals surface area (Å²) >= 11 is 12.4. The number of hydrogen-bond donors (Lipinski definition) is 3. The van der Waals surface area contributed by atoms with Crippen LogP contribution in [-0.2, 0) is 12.1 Å². The number of halogens is 3. The smallest absolute Gasteiger partial charge is 0.154 e. The maximum atomic E-state index is 14.4. The summed E-state index contributed by atoms with van der Waals surface area (Å²) in [4.78, 5) is 8.40. The molecule has 0 aliphatic carbocycles. The molecule has 3 N–H and O–H groups in total. The Bertz CT molecular complexity index is 1300. The maximum Gasteiger partial charge on any atom is 0.154 e. The van der Waals surface area contributed by atoms with Crippen LogP contribution in [0, 0.1) is 5.82 Å². The topological polar surface area (TPSA) is 71.1 Å². The van der Waals surface area contributed by atoms with Gasteiger partial charge < -0.3 is 20.7 Å². The summed E-state index contributed by atoms with van der Waals surface area (Å²) in [6.07, 6.45) is 8.93. The molecule has 2 atom stereocenters. The van der Waals surface area contributed by atoms with Gasteiger partial charge in [0.25, 0.3) is 0 Å². The number of aromatic nitrogens is 2. The lowest BCUT2D eigenvalue weighted by molar-refractivity contribution is 0.280. The van der Waals surface area contributed by atoms with Crippen molar-refractivity contribution in [3.63, 3.8) is 0 Å². The SMILES string of the molecule is Fc1cc(Cl)ccc1COc1c2cc(Cl)cc1C1(C3Nc4cncnc4N3)C=CC=C2N1. The van der Waals surface area contributed by atoms with Crippen molar-refractivity contribution >= 4 is 40.4 Å². The molecule has 0 fully saturated rings. The zero-order valence-electron chi connectivity index (χ0n) is 16.5. The molecule has 3 aromatic rings. The third kappa shape index (κ3) is 2.92. The van der Waals surface area contributed by atoms with E-state index in [4.69, 9.17) is 27.9 Å². The number of benzene rings is 2. The van der Waals surface area contributed by atoms with E-state index in [1.807, 2.05) is 30.4 Å². The first-order valence-electron chi connectivity index (χ1n) is 9.95. The van der Waals surface area contributed by atoms with Crippen LogP contribution in [0.4, 0.5) is 15.9 Å². The van der Waals surface area contributed by atoms with Crippen molar-refractivity contribution in [2.75, 3.05) is 10.6 Å². The highest BCUT2D eigenvalue weighted by Crippen LogP contribution is 2.49. The van der Waals surface area contributed by atoms with Crippen molar-refractivity contribution in [1.29, 1.82) is 0 Å². The number of rotatable bonds is 4. The Labute approximate surface area is 193 Å². The van der Waals surface area contributed by atoms with Crippen LogP contribution < -0.4 is 20.7 Å². The highest BCUT2D eigenvalue weighted by Gasteiger charge is 2.48. The van der Waals surface area contributed by atoms with E-state index >= 15 is 0 Å². The lowest BCUT2D eigenvalue weighted by Gasteiger charge is -2.45. The third-order valence-electron chi connectivity index (χ3n) is 5.89. The third-order valence-corrected chi connectivity index (χ3v) is 6.34. The predicted molar refractivity (Wildman–Crippen MR) is 122 cm³/mol. The lowest BCUT2D eigenvalue weighted by Crippen LogP contribution is -2.57. The molecule has 0 spiro atoms. The van der Waals surface area contributed by atoms with Gasteiger partial charge in [0.05, 0.1) is 11.9 Å². The molecular formula is C23H16Cl2FN5O. The average Bonchev–Trinajstić information content (AvgIpc) is 3.23. The first-order chi connectivity index (χ1) is 15.5. The van der Waals surface area contributed by atoms with Crippen LogP contribution in [0.1, 0.15) is 16.7 Å². The molecule has 0 amide bonds. The van der Waals surface area contributed by atoms with E-state index < -0.39 is 11.4 Å². The number of ether oxygens (including phenoxy) is 1. The van der Waals surface area contributed by atoms with E-state index in [0.717, 1.165) is 22.5 Å². The van der Waals surface area contributed by atoms with Gasteiger partial charge in [0.2, 0.25) is 0 Å². The molecule has 0 saturated carbocycles. The fourth-order valence-electron chi connectivity index (χ4n) is 4.39. The number of allylic oxidation sites excluding steroid dienone is 2. The standard InChI is InChI=1S/C23H16Cl2FN5O/c24-13-4-3-12(17(26)8-13)10-32-20-15-6-14(25)7-16(20)23(5-1-2-18(15)31-23)22-29-19-9-27-11-28-21(19)30-22/h1-9,11,22,29,31H,10H2,(H,27,28,30). The van der Waals surface area contributed by atoms with E-state index in [2.05, 4.69) is 25.9 Å². The summed E-state index contributed by atoms with van der Waals surface area (Å²) < 4.78 is 20.6. The van der Waals surface area contributed by atoms with Gasteiger partial charge >= 0.3 is 0 Å². The van der Waals surface area contributed by atoms with Gasteiger partial charge in [-0.3, -0.25) is 0 Å². The number of fused-ring (bicyclic) bond motifs is 7. The summed E-state index contributed by atoms with van der Waals surface area (Å²) in [5, 5.41) is 11.4. The van der Waals surface area contributed by atoms with E-state index in [-0.39, 0.29) is 12.8 Å². The molecule has 2 aromatic carbocycles. The Morgan fingerprint density at radius 1 is 1.12 bits per heavy atom. The molecule has 4 heterocycles. The van der Waals surface area contributed by atoms with Gasteiger partial charge in [-0.15, -0.1) is 0 Å².